The summed E-state index contributed by atoms with van der Waals surface area (Å²) in [5, 5.41) is 11.3. The van der Waals surface area contributed by atoms with Crippen LogP contribution in [0.5, 0.6) is 0 Å². The van der Waals surface area contributed by atoms with Crippen molar-refractivity contribution in [1.29, 1.82) is 0 Å². The Kier molecular flexibility index (Phi) is 5.98. The summed E-state index contributed by atoms with van der Waals surface area (Å²) in [6.45, 7) is 12.4. The van der Waals surface area contributed by atoms with Crippen LogP contribution in [0.2, 0.25) is 0 Å². The van der Waals surface area contributed by atoms with Crippen molar-refractivity contribution in [3.8, 4) is 0 Å². The molecule has 9 atom stereocenters. The monoisotopic (exact) mass is 388 g/mol. The first kappa shape index (κ1) is 21.2. The summed E-state index contributed by atoms with van der Waals surface area (Å²) in [5.41, 5.74) is 1.02. The van der Waals surface area contributed by atoms with Gasteiger partial charge in [-0.1, -0.05) is 66.7 Å². The van der Waals surface area contributed by atoms with E-state index in [2.05, 4.69) is 34.6 Å². The number of aliphatic hydroxyl groups excluding tert-OH is 1. The van der Waals surface area contributed by atoms with Gasteiger partial charge >= 0.3 is 0 Å². The van der Waals surface area contributed by atoms with Gasteiger partial charge in [-0.05, 0) is 97.2 Å². The van der Waals surface area contributed by atoms with Crippen molar-refractivity contribution in [2.75, 3.05) is 0 Å². The van der Waals surface area contributed by atoms with Crippen LogP contribution in [0.4, 0.5) is 0 Å². The van der Waals surface area contributed by atoms with Gasteiger partial charge in [-0.2, -0.15) is 0 Å². The fourth-order valence-electron chi connectivity index (χ4n) is 9.40. The van der Waals surface area contributed by atoms with Gasteiger partial charge in [0.2, 0.25) is 0 Å². The molecule has 1 nitrogen and oxygen atoms in total. The van der Waals surface area contributed by atoms with Gasteiger partial charge < -0.3 is 5.11 Å². The van der Waals surface area contributed by atoms with Gasteiger partial charge in [-0.3, -0.25) is 0 Å². The van der Waals surface area contributed by atoms with Gasteiger partial charge in [0.1, 0.15) is 0 Å². The SMILES string of the molecule is CC(C)CCC[C@@H](C)[C@H]1[C@@H](O)C[C@H]2[C@@H]3CC[C@@H]4CCCC[C@]4(C)[C@H]3CC[C@]12C. The predicted octanol–water partition coefficient (Wildman–Crippen LogP) is 7.47. The Morgan fingerprint density at radius 2 is 1.64 bits per heavy atom. The van der Waals surface area contributed by atoms with Crippen LogP contribution in [-0.4, -0.2) is 11.2 Å². The van der Waals surface area contributed by atoms with Crippen LogP contribution < -0.4 is 0 Å². The Balaban J connectivity index is 1.51. The second kappa shape index (κ2) is 7.90. The van der Waals surface area contributed by atoms with Crippen LogP contribution in [0.15, 0.2) is 0 Å². The molecule has 4 saturated carbocycles. The summed E-state index contributed by atoms with van der Waals surface area (Å²) in [5.74, 6) is 5.69. The van der Waals surface area contributed by atoms with E-state index in [0.29, 0.717) is 22.7 Å². The molecule has 0 aliphatic heterocycles. The van der Waals surface area contributed by atoms with Gasteiger partial charge in [0.05, 0.1) is 6.10 Å². The van der Waals surface area contributed by atoms with Crippen molar-refractivity contribution in [2.24, 2.45) is 52.3 Å². The van der Waals surface area contributed by atoms with E-state index in [0.717, 1.165) is 36.0 Å². The standard InChI is InChI=1S/C27H48O/c1-18(2)9-8-10-19(3)25-24(28)17-23-21-13-12-20-11-6-7-15-26(20,4)22(21)14-16-27(23,25)5/h18-25,28H,6-17H2,1-5H3/t19-,20+,21-,22+,23+,24+,25+,26+,27+/m1/s1. The van der Waals surface area contributed by atoms with Gasteiger partial charge in [0.15, 0.2) is 0 Å². The Morgan fingerprint density at radius 3 is 2.39 bits per heavy atom. The Labute approximate surface area is 175 Å². The van der Waals surface area contributed by atoms with Crippen LogP contribution >= 0.6 is 0 Å². The predicted molar refractivity (Wildman–Crippen MR) is 119 cm³/mol. The van der Waals surface area contributed by atoms with E-state index in [-0.39, 0.29) is 6.10 Å². The molecule has 4 fully saturated rings. The largest absolute Gasteiger partial charge is 0.393 e. The molecular formula is C27H48O. The first-order valence-corrected chi connectivity index (χ1v) is 13.0. The molecule has 0 aromatic rings. The quantitative estimate of drug-likeness (QED) is 0.518. The molecule has 0 saturated heterocycles. The molecule has 0 heterocycles. The minimum atomic E-state index is -0.0420. The van der Waals surface area contributed by atoms with Crippen LogP contribution in [-0.2, 0) is 0 Å². The number of fused-ring (bicyclic) bond motifs is 5. The molecule has 4 rings (SSSR count). The third kappa shape index (κ3) is 3.40. The Morgan fingerprint density at radius 1 is 0.857 bits per heavy atom. The van der Waals surface area contributed by atoms with Crippen LogP contribution in [0, 0.1) is 52.3 Å². The van der Waals surface area contributed by atoms with Crippen molar-refractivity contribution in [3.63, 3.8) is 0 Å². The highest BCUT2D eigenvalue weighted by atomic mass is 16.3. The van der Waals surface area contributed by atoms with Crippen molar-refractivity contribution in [2.45, 2.75) is 118 Å². The number of hydrogen-bond acceptors (Lipinski definition) is 1. The van der Waals surface area contributed by atoms with Crippen LogP contribution in [0.1, 0.15) is 112 Å². The first-order chi connectivity index (χ1) is 13.3. The third-order valence-electron chi connectivity index (χ3n) is 10.7. The van der Waals surface area contributed by atoms with Gasteiger partial charge in [-0.25, -0.2) is 0 Å². The maximum Gasteiger partial charge on any atom is 0.0579 e. The maximum absolute atomic E-state index is 11.3. The molecule has 0 radical (unpaired) electrons. The van der Waals surface area contributed by atoms with E-state index in [1.807, 2.05) is 0 Å². The third-order valence-corrected chi connectivity index (χ3v) is 10.7. The van der Waals surface area contributed by atoms with Crippen molar-refractivity contribution >= 4 is 0 Å². The molecule has 0 aromatic heterocycles. The molecule has 4 aliphatic carbocycles. The number of rotatable bonds is 5. The van der Waals surface area contributed by atoms with E-state index in [1.54, 1.807) is 0 Å². The van der Waals surface area contributed by atoms with E-state index in [9.17, 15) is 5.11 Å². The second-order valence-electron chi connectivity index (χ2n) is 12.6. The van der Waals surface area contributed by atoms with Crippen molar-refractivity contribution in [3.05, 3.63) is 0 Å². The van der Waals surface area contributed by atoms with Crippen molar-refractivity contribution < 1.29 is 5.11 Å². The lowest BCUT2D eigenvalue weighted by Crippen LogP contribution is -2.53. The van der Waals surface area contributed by atoms with Crippen molar-refractivity contribution in [1.82, 2.24) is 0 Å². The normalized spacial score (nSPS) is 49.4. The van der Waals surface area contributed by atoms with Gasteiger partial charge in [0, 0.05) is 0 Å². The number of hydrogen-bond donors (Lipinski definition) is 1. The zero-order valence-electron chi connectivity index (χ0n) is 19.6. The summed E-state index contributed by atoms with van der Waals surface area (Å²) >= 11 is 0. The molecule has 28 heavy (non-hydrogen) atoms. The second-order valence-corrected chi connectivity index (χ2v) is 12.6. The fraction of sp³-hybridized carbons (Fsp3) is 1.00. The Bertz CT molecular complexity index is 540. The zero-order chi connectivity index (χ0) is 20.1. The topological polar surface area (TPSA) is 20.2 Å². The molecule has 1 N–H and O–H groups in total. The average molecular weight is 389 g/mol. The highest BCUT2D eigenvalue weighted by Gasteiger charge is 2.62. The molecule has 162 valence electrons. The van der Waals surface area contributed by atoms with Crippen LogP contribution in [0.25, 0.3) is 0 Å². The molecule has 4 aliphatic rings. The highest BCUT2D eigenvalue weighted by Crippen LogP contribution is 2.68. The minimum absolute atomic E-state index is 0.0420. The minimum Gasteiger partial charge on any atom is -0.393 e. The molecule has 0 unspecified atom stereocenters. The summed E-state index contributed by atoms with van der Waals surface area (Å²) in [4.78, 5) is 0. The zero-order valence-corrected chi connectivity index (χ0v) is 19.6. The molecule has 0 amide bonds. The van der Waals surface area contributed by atoms with E-state index in [1.165, 1.54) is 70.6 Å². The molecular weight excluding hydrogens is 340 g/mol. The average Bonchev–Trinajstić information content (AvgIpc) is 2.91. The summed E-state index contributed by atoms with van der Waals surface area (Å²) < 4.78 is 0. The maximum atomic E-state index is 11.3. The fourth-order valence-corrected chi connectivity index (χ4v) is 9.40. The molecule has 0 bridgehead atoms. The Hall–Kier alpha value is -0.0400. The van der Waals surface area contributed by atoms with Gasteiger partial charge in [-0.15, -0.1) is 0 Å². The molecule has 1 heteroatoms. The summed E-state index contributed by atoms with van der Waals surface area (Å²) in [7, 11) is 0. The first-order valence-electron chi connectivity index (χ1n) is 13.0. The number of aliphatic hydroxyl groups is 1. The van der Waals surface area contributed by atoms with E-state index >= 15 is 0 Å². The highest BCUT2D eigenvalue weighted by molar-refractivity contribution is 5.11. The lowest BCUT2D eigenvalue weighted by atomic mass is 9.44. The van der Waals surface area contributed by atoms with E-state index < -0.39 is 0 Å². The lowest BCUT2D eigenvalue weighted by molar-refractivity contribution is -0.115. The van der Waals surface area contributed by atoms with Crippen LogP contribution in [0.3, 0.4) is 0 Å². The summed E-state index contributed by atoms with van der Waals surface area (Å²) in [6.07, 6.45) is 16.8. The summed E-state index contributed by atoms with van der Waals surface area (Å²) in [6, 6.07) is 0. The van der Waals surface area contributed by atoms with Gasteiger partial charge in [0.25, 0.3) is 0 Å². The van der Waals surface area contributed by atoms with E-state index in [4.69, 9.17) is 0 Å². The smallest absolute Gasteiger partial charge is 0.0579 e. The molecule has 0 aromatic carbocycles. The lowest BCUT2D eigenvalue weighted by Gasteiger charge is -2.60. The molecule has 0 spiro atoms.